The summed E-state index contributed by atoms with van der Waals surface area (Å²) < 4.78 is 27.5. The lowest BCUT2D eigenvalue weighted by molar-refractivity contribution is -0.0592. The molecule has 12 heteroatoms. The lowest BCUT2D eigenvalue weighted by Gasteiger charge is -2.37. The first-order valence-corrected chi connectivity index (χ1v) is 14.4. The van der Waals surface area contributed by atoms with Gasteiger partial charge in [-0.15, -0.1) is 0 Å². The van der Waals surface area contributed by atoms with Crippen molar-refractivity contribution in [1.29, 1.82) is 0 Å². The minimum Gasteiger partial charge on any atom is -0.483 e. The lowest BCUT2D eigenvalue weighted by Crippen LogP contribution is -2.44. The molecule has 0 spiro atoms. The number of hydrogen-bond donors (Lipinski definition) is 1. The number of halogens is 2. The fraction of sp³-hybridized carbons (Fsp3) is 0.400. The molecule has 6 rings (SSSR count). The third kappa shape index (κ3) is 6.18. The first-order chi connectivity index (χ1) is 20.3. The minimum atomic E-state index is -0.948. The molecule has 42 heavy (non-hydrogen) atoms. The van der Waals surface area contributed by atoms with Crippen LogP contribution in [0, 0.1) is 5.82 Å². The number of piperidine rings is 1. The average Bonchev–Trinajstić information content (AvgIpc) is 3.30. The second-order valence-electron chi connectivity index (χ2n) is 10.7. The number of carboxylic acid groups (broad SMARTS) is 1. The maximum absolute atomic E-state index is 14.1. The molecular formula is C30H32ClFN6O4. The Morgan fingerprint density at radius 1 is 1.17 bits per heavy atom. The van der Waals surface area contributed by atoms with E-state index in [9.17, 15) is 14.3 Å². The summed E-state index contributed by atoms with van der Waals surface area (Å²) in [6.07, 6.45) is 4.69. The van der Waals surface area contributed by atoms with Crippen LogP contribution >= 0.6 is 11.6 Å². The van der Waals surface area contributed by atoms with Crippen molar-refractivity contribution in [1.82, 2.24) is 24.4 Å². The van der Waals surface area contributed by atoms with Crippen molar-refractivity contribution in [2.24, 2.45) is 0 Å². The van der Waals surface area contributed by atoms with E-state index >= 15 is 0 Å². The second kappa shape index (κ2) is 12.2. The van der Waals surface area contributed by atoms with Crippen molar-refractivity contribution in [3.05, 3.63) is 76.7 Å². The van der Waals surface area contributed by atoms with E-state index in [1.165, 1.54) is 12.1 Å². The summed E-state index contributed by atoms with van der Waals surface area (Å²) in [4.78, 5) is 30.0. The standard InChI is InChI=1S/C30H32ClFN6O4/c1-36(28-6-10-33-27(35-28)18-42-26-5-3-20(31)15-23(26)32)21-7-11-37(12-8-21)17-29-34-24-4-2-19(30(39)40)14-25(24)38(29)16-22-9-13-41-22/h2-6,10,14-15,21-22H,7-9,11-13,16-18H2,1H3,(H,39,40). The summed E-state index contributed by atoms with van der Waals surface area (Å²) >= 11 is 5.82. The second-order valence-corrected chi connectivity index (χ2v) is 11.2. The molecule has 4 aromatic rings. The highest BCUT2D eigenvalue weighted by Crippen LogP contribution is 2.26. The molecule has 0 amide bonds. The number of imidazole rings is 1. The van der Waals surface area contributed by atoms with Gasteiger partial charge in [-0.25, -0.2) is 24.1 Å². The molecule has 2 saturated heterocycles. The lowest BCUT2D eigenvalue weighted by atomic mass is 10.0. The van der Waals surface area contributed by atoms with Crippen LogP contribution in [0.2, 0.25) is 5.02 Å². The summed E-state index contributed by atoms with van der Waals surface area (Å²) in [6, 6.07) is 11.5. The molecule has 220 valence electrons. The SMILES string of the molecule is CN(c1ccnc(COc2ccc(Cl)cc2F)n1)C1CCN(Cc2nc3ccc(C(=O)O)cc3n2CC2CCO2)CC1. The number of hydrogen-bond acceptors (Lipinski definition) is 8. The molecule has 0 aliphatic carbocycles. The van der Waals surface area contributed by atoms with E-state index in [0.29, 0.717) is 30.0 Å². The van der Waals surface area contributed by atoms with E-state index in [2.05, 4.69) is 24.3 Å². The molecule has 1 N–H and O–H groups in total. The predicted molar refractivity (Wildman–Crippen MR) is 156 cm³/mol. The maximum atomic E-state index is 14.1. The number of benzene rings is 2. The van der Waals surface area contributed by atoms with Crippen LogP contribution in [0.4, 0.5) is 10.2 Å². The Morgan fingerprint density at radius 2 is 1.98 bits per heavy atom. The van der Waals surface area contributed by atoms with Gasteiger partial charge in [0.25, 0.3) is 0 Å². The van der Waals surface area contributed by atoms with Crippen molar-refractivity contribution >= 4 is 34.4 Å². The zero-order valence-electron chi connectivity index (χ0n) is 23.2. The average molecular weight is 595 g/mol. The smallest absolute Gasteiger partial charge is 0.335 e. The Kier molecular flexibility index (Phi) is 8.23. The Bertz CT molecular complexity index is 1590. The summed E-state index contributed by atoms with van der Waals surface area (Å²) in [5.41, 5.74) is 1.88. The van der Waals surface area contributed by atoms with E-state index in [-0.39, 0.29) is 24.0 Å². The van der Waals surface area contributed by atoms with Crippen LogP contribution in [0.3, 0.4) is 0 Å². The molecule has 4 heterocycles. The molecule has 2 aromatic carbocycles. The monoisotopic (exact) mass is 594 g/mol. The number of aromatic nitrogens is 4. The zero-order valence-corrected chi connectivity index (χ0v) is 24.0. The quantitative estimate of drug-likeness (QED) is 0.277. The fourth-order valence-corrected chi connectivity index (χ4v) is 5.66. The van der Waals surface area contributed by atoms with Gasteiger partial charge in [-0.1, -0.05) is 11.6 Å². The largest absolute Gasteiger partial charge is 0.483 e. The van der Waals surface area contributed by atoms with E-state index in [1.807, 2.05) is 13.1 Å². The van der Waals surface area contributed by atoms with Crippen molar-refractivity contribution < 1.29 is 23.8 Å². The van der Waals surface area contributed by atoms with Gasteiger partial charge in [0.1, 0.15) is 18.2 Å². The van der Waals surface area contributed by atoms with Gasteiger partial charge in [-0.05, 0) is 61.7 Å². The van der Waals surface area contributed by atoms with Crippen LogP contribution in [0.15, 0.2) is 48.7 Å². The third-order valence-corrected chi connectivity index (χ3v) is 8.26. The first-order valence-electron chi connectivity index (χ1n) is 14.0. The molecule has 10 nitrogen and oxygen atoms in total. The first kappa shape index (κ1) is 28.3. The Morgan fingerprint density at radius 3 is 2.69 bits per heavy atom. The Balaban J connectivity index is 1.09. The maximum Gasteiger partial charge on any atom is 0.335 e. The van der Waals surface area contributed by atoms with Gasteiger partial charge in [0.2, 0.25) is 0 Å². The Hall–Kier alpha value is -3.80. The number of aromatic carboxylic acids is 1. The fourth-order valence-electron chi connectivity index (χ4n) is 5.50. The summed E-state index contributed by atoms with van der Waals surface area (Å²) in [6.45, 7) is 3.91. The number of rotatable bonds is 10. The number of fused-ring (bicyclic) bond motifs is 1. The highest BCUT2D eigenvalue weighted by Gasteiger charge is 2.27. The van der Waals surface area contributed by atoms with Crippen LogP contribution in [-0.4, -0.2) is 74.4 Å². The van der Waals surface area contributed by atoms with E-state index in [1.54, 1.807) is 30.5 Å². The third-order valence-electron chi connectivity index (χ3n) is 8.03. The molecule has 1 atom stereocenters. The van der Waals surface area contributed by atoms with Gasteiger partial charge in [-0.3, -0.25) is 4.90 Å². The zero-order chi connectivity index (χ0) is 29.2. The van der Waals surface area contributed by atoms with Gasteiger partial charge in [0, 0.05) is 44.0 Å². The molecule has 0 bridgehead atoms. The Labute approximate surface area is 247 Å². The van der Waals surface area contributed by atoms with Crippen LogP contribution in [-0.2, 0) is 24.4 Å². The van der Waals surface area contributed by atoms with Gasteiger partial charge in [-0.2, -0.15) is 0 Å². The number of ether oxygens (including phenoxy) is 2. The van der Waals surface area contributed by atoms with Crippen molar-refractivity contribution in [3.63, 3.8) is 0 Å². The predicted octanol–water partition coefficient (Wildman–Crippen LogP) is 4.79. The molecule has 2 aliphatic heterocycles. The normalized spacial score (nSPS) is 17.7. The topological polar surface area (TPSA) is 106 Å². The number of likely N-dealkylation sites (tertiary alicyclic amines) is 1. The van der Waals surface area contributed by atoms with Gasteiger partial charge >= 0.3 is 5.97 Å². The van der Waals surface area contributed by atoms with Crippen molar-refractivity contribution in [3.8, 4) is 5.75 Å². The molecule has 2 aliphatic rings. The highest BCUT2D eigenvalue weighted by atomic mass is 35.5. The van der Waals surface area contributed by atoms with Crippen LogP contribution < -0.4 is 9.64 Å². The summed E-state index contributed by atoms with van der Waals surface area (Å²) in [5.74, 6) is 0.801. The molecule has 0 radical (unpaired) electrons. The highest BCUT2D eigenvalue weighted by molar-refractivity contribution is 6.30. The van der Waals surface area contributed by atoms with E-state index in [0.717, 1.165) is 61.6 Å². The van der Waals surface area contributed by atoms with Crippen LogP contribution in [0.5, 0.6) is 5.75 Å². The summed E-state index contributed by atoms with van der Waals surface area (Å²) in [5, 5.41) is 9.81. The molecule has 2 fully saturated rings. The number of nitrogens with zero attached hydrogens (tertiary/aromatic N) is 6. The van der Waals surface area contributed by atoms with Crippen molar-refractivity contribution in [2.75, 3.05) is 31.6 Å². The minimum absolute atomic E-state index is 0.0412. The molecule has 0 saturated carbocycles. The summed E-state index contributed by atoms with van der Waals surface area (Å²) in [7, 11) is 2.03. The van der Waals surface area contributed by atoms with E-state index < -0.39 is 11.8 Å². The molecule has 2 aromatic heterocycles. The molecular weight excluding hydrogens is 563 g/mol. The number of carboxylic acids is 1. The number of carbonyl (C=O) groups is 1. The molecule has 1 unspecified atom stereocenters. The van der Waals surface area contributed by atoms with Crippen LogP contribution in [0.1, 0.15) is 41.3 Å². The van der Waals surface area contributed by atoms with Gasteiger partial charge in [0.15, 0.2) is 17.4 Å². The van der Waals surface area contributed by atoms with Crippen LogP contribution in [0.25, 0.3) is 11.0 Å². The van der Waals surface area contributed by atoms with Gasteiger partial charge < -0.3 is 24.0 Å². The van der Waals surface area contributed by atoms with Gasteiger partial charge in [0.05, 0.1) is 35.8 Å². The van der Waals surface area contributed by atoms with Crippen molar-refractivity contribution in [2.45, 2.75) is 51.1 Å². The number of anilines is 1. The van der Waals surface area contributed by atoms with E-state index in [4.69, 9.17) is 26.1 Å².